The SMILES string of the molecule is CC(C)C(OC(=O)C1CCC(=O)NC1)C(=O)N1CCCc2ccccc21. The molecule has 1 aromatic carbocycles. The molecule has 0 aromatic heterocycles. The van der Waals surface area contributed by atoms with Crippen molar-refractivity contribution >= 4 is 23.5 Å². The van der Waals surface area contributed by atoms with Crippen molar-refractivity contribution in [3.05, 3.63) is 29.8 Å². The zero-order chi connectivity index (χ0) is 18.7. The molecule has 6 heteroatoms. The van der Waals surface area contributed by atoms with Gasteiger partial charge in [0.15, 0.2) is 6.10 Å². The van der Waals surface area contributed by atoms with Crippen LogP contribution in [0.15, 0.2) is 24.3 Å². The summed E-state index contributed by atoms with van der Waals surface area (Å²) in [6, 6.07) is 7.88. The summed E-state index contributed by atoms with van der Waals surface area (Å²) in [5.41, 5.74) is 2.06. The number of benzene rings is 1. The Hall–Kier alpha value is -2.37. The van der Waals surface area contributed by atoms with E-state index in [1.54, 1.807) is 4.90 Å². The van der Waals surface area contributed by atoms with E-state index in [1.165, 1.54) is 0 Å². The maximum absolute atomic E-state index is 13.2. The van der Waals surface area contributed by atoms with Gasteiger partial charge in [-0.05, 0) is 36.8 Å². The van der Waals surface area contributed by atoms with Gasteiger partial charge < -0.3 is 15.0 Å². The largest absolute Gasteiger partial charge is 0.452 e. The molecule has 0 aliphatic carbocycles. The molecule has 0 bridgehead atoms. The number of para-hydroxylation sites is 1. The Labute approximate surface area is 153 Å². The minimum atomic E-state index is -0.814. The van der Waals surface area contributed by atoms with E-state index in [0.29, 0.717) is 19.4 Å². The number of nitrogens with one attached hydrogen (secondary N) is 1. The third kappa shape index (κ3) is 3.89. The molecule has 3 rings (SSSR count). The van der Waals surface area contributed by atoms with Crippen molar-refractivity contribution in [3.63, 3.8) is 0 Å². The molecule has 2 aliphatic heterocycles. The van der Waals surface area contributed by atoms with Gasteiger partial charge in [0.05, 0.1) is 5.92 Å². The van der Waals surface area contributed by atoms with Crippen LogP contribution in [0, 0.1) is 11.8 Å². The fourth-order valence-corrected chi connectivity index (χ4v) is 3.54. The van der Waals surface area contributed by atoms with Crippen LogP contribution in [0.3, 0.4) is 0 Å². The maximum Gasteiger partial charge on any atom is 0.311 e. The van der Waals surface area contributed by atoms with Gasteiger partial charge in [-0.1, -0.05) is 32.0 Å². The second-order valence-corrected chi connectivity index (χ2v) is 7.36. The molecule has 2 aliphatic rings. The maximum atomic E-state index is 13.2. The second kappa shape index (κ2) is 7.89. The van der Waals surface area contributed by atoms with Crippen molar-refractivity contribution in [2.24, 2.45) is 11.8 Å². The molecule has 2 atom stereocenters. The normalized spacial score (nSPS) is 21.0. The molecular weight excluding hydrogens is 332 g/mol. The number of nitrogens with zero attached hydrogens (tertiary/aromatic N) is 1. The third-order valence-corrected chi connectivity index (χ3v) is 5.07. The Morgan fingerprint density at radius 2 is 2.00 bits per heavy atom. The van der Waals surface area contributed by atoms with Crippen LogP contribution in [0.5, 0.6) is 0 Å². The molecular formula is C20H26N2O4. The third-order valence-electron chi connectivity index (χ3n) is 5.07. The minimum absolute atomic E-state index is 0.0459. The van der Waals surface area contributed by atoms with Crippen LogP contribution in [-0.4, -0.2) is 37.0 Å². The lowest BCUT2D eigenvalue weighted by molar-refractivity contribution is -0.162. The Bertz CT molecular complexity index is 691. The van der Waals surface area contributed by atoms with Crippen LogP contribution in [0.25, 0.3) is 0 Å². The Kier molecular flexibility index (Phi) is 5.59. The number of ether oxygens (including phenoxy) is 1. The average molecular weight is 358 g/mol. The monoisotopic (exact) mass is 358 g/mol. The van der Waals surface area contributed by atoms with Gasteiger partial charge in [-0.25, -0.2) is 0 Å². The number of aryl methyl sites for hydroxylation is 1. The fraction of sp³-hybridized carbons (Fsp3) is 0.550. The van der Waals surface area contributed by atoms with Crippen molar-refractivity contribution < 1.29 is 19.1 Å². The number of esters is 1. The molecule has 1 aromatic rings. The number of hydrogen-bond donors (Lipinski definition) is 1. The van der Waals surface area contributed by atoms with Crippen LogP contribution in [0.2, 0.25) is 0 Å². The Balaban J connectivity index is 1.73. The van der Waals surface area contributed by atoms with E-state index in [9.17, 15) is 14.4 Å². The summed E-state index contributed by atoms with van der Waals surface area (Å²) in [6.07, 6.45) is 1.83. The van der Waals surface area contributed by atoms with Crippen LogP contribution in [-0.2, 0) is 25.5 Å². The van der Waals surface area contributed by atoms with E-state index in [2.05, 4.69) is 5.32 Å². The van der Waals surface area contributed by atoms with Gasteiger partial charge >= 0.3 is 5.97 Å². The smallest absolute Gasteiger partial charge is 0.311 e. The van der Waals surface area contributed by atoms with E-state index in [-0.39, 0.29) is 30.2 Å². The van der Waals surface area contributed by atoms with Gasteiger partial charge in [0.1, 0.15) is 0 Å². The van der Waals surface area contributed by atoms with E-state index >= 15 is 0 Å². The lowest BCUT2D eigenvalue weighted by atomic mass is 9.97. The van der Waals surface area contributed by atoms with Crippen LogP contribution in [0.1, 0.15) is 38.7 Å². The lowest BCUT2D eigenvalue weighted by Gasteiger charge is -2.34. The molecule has 140 valence electrons. The highest BCUT2D eigenvalue weighted by atomic mass is 16.5. The number of piperidine rings is 1. The molecule has 2 amide bonds. The van der Waals surface area contributed by atoms with Gasteiger partial charge in [0.25, 0.3) is 5.91 Å². The average Bonchev–Trinajstić information content (AvgIpc) is 2.65. The minimum Gasteiger partial charge on any atom is -0.452 e. The highest BCUT2D eigenvalue weighted by molar-refractivity contribution is 5.99. The number of anilines is 1. The summed E-state index contributed by atoms with van der Waals surface area (Å²) >= 11 is 0. The molecule has 0 saturated carbocycles. The molecule has 1 saturated heterocycles. The molecule has 1 N–H and O–H groups in total. The molecule has 2 unspecified atom stereocenters. The van der Waals surface area contributed by atoms with Crippen molar-refractivity contribution in [2.75, 3.05) is 18.0 Å². The first kappa shape index (κ1) is 18.4. The predicted molar refractivity (Wildman–Crippen MR) is 97.6 cm³/mol. The summed E-state index contributed by atoms with van der Waals surface area (Å²) in [7, 11) is 0. The first-order chi connectivity index (χ1) is 12.5. The molecule has 2 heterocycles. The zero-order valence-electron chi connectivity index (χ0n) is 15.4. The summed E-state index contributed by atoms with van der Waals surface area (Å²) < 4.78 is 5.64. The highest BCUT2D eigenvalue weighted by Gasteiger charge is 2.35. The van der Waals surface area contributed by atoms with Gasteiger partial charge in [0.2, 0.25) is 5.91 Å². The molecule has 6 nitrogen and oxygen atoms in total. The second-order valence-electron chi connectivity index (χ2n) is 7.36. The van der Waals surface area contributed by atoms with Crippen LogP contribution < -0.4 is 10.2 Å². The summed E-state index contributed by atoms with van der Waals surface area (Å²) in [5.74, 6) is -1.12. The zero-order valence-corrected chi connectivity index (χ0v) is 15.4. The standard InChI is InChI=1S/C20H26N2O4/c1-13(2)18(26-20(25)15-9-10-17(23)21-12-15)19(24)22-11-5-7-14-6-3-4-8-16(14)22/h3-4,6,8,13,15,18H,5,7,9-12H2,1-2H3,(H,21,23). The fourth-order valence-electron chi connectivity index (χ4n) is 3.54. The Morgan fingerprint density at radius 1 is 1.23 bits per heavy atom. The van der Waals surface area contributed by atoms with Gasteiger partial charge in [0, 0.05) is 25.2 Å². The van der Waals surface area contributed by atoms with E-state index in [0.717, 1.165) is 24.1 Å². The number of carbonyl (C=O) groups excluding carboxylic acids is 3. The van der Waals surface area contributed by atoms with E-state index < -0.39 is 12.1 Å². The number of amides is 2. The molecule has 0 radical (unpaired) electrons. The van der Waals surface area contributed by atoms with Gasteiger partial charge in [-0.2, -0.15) is 0 Å². The van der Waals surface area contributed by atoms with Crippen molar-refractivity contribution in [1.29, 1.82) is 0 Å². The molecule has 1 fully saturated rings. The number of rotatable bonds is 4. The van der Waals surface area contributed by atoms with E-state index in [1.807, 2.05) is 38.1 Å². The van der Waals surface area contributed by atoms with Gasteiger partial charge in [-0.3, -0.25) is 14.4 Å². The first-order valence-electron chi connectivity index (χ1n) is 9.34. The van der Waals surface area contributed by atoms with Crippen molar-refractivity contribution in [1.82, 2.24) is 5.32 Å². The molecule has 26 heavy (non-hydrogen) atoms. The topological polar surface area (TPSA) is 75.7 Å². The predicted octanol–water partition coefficient (Wildman–Crippen LogP) is 2.06. The van der Waals surface area contributed by atoms with Crippen LogP contribution in [0.4, 0.5) is 5.69 Å². The number of hydrogen-bond acceptors (Lipinski definition) is 4. The van der Waals surface area contributed by atoms with Crippen molar-refractivity contribution in [2.45, 2.75) is 45.6 Å². The van der Waals surface area contributed by atoms with Crippen molar-refractivity contribution in [3.8, 4) is 0 Å². The summed E-state index contributed by atoms with van der Waals surface area (Å²) in [6.45, 7) is 4.68. The van der Waals surface area contributed by atoms with Gasteiger partial charge in [-0.15, -0.1) is 0 Å². The Morgan fingerprint density at radius 3 is 2.69 bits per heavy atom. The lowest BCUT2D eigenvalue weighted by Crippen LogP contribution is -2.48. The summed E-state index contributed by atoms with van der Waals surface area (Å²) in [5, 5.41) is 2.69. The molecule has 0 spiro atoms. The quantitative estimate of drug-likeness (QED) is 0.836. The first-order valence-corrected chi connectivity index (χ1v) is 9.34. The highest BCUT2D eigenvalue weighted by Crippen LogP contribution is 2.29. The van der Waals surface area contributed by atoms with E-state index in [4.69, 9.17) is 4.74 Å². The summed E-state index contributed by atoms with van der Waals surface area (Å²) in [4.78, 5) is 38.7. The number of carbonyl (C=O) groups is 3. The number of fused-ring (bicyclic) bond motifs is 1. The van der Waals surface area contributed by atoms with Crippen LogP contribution >= 0.6 is 0 Å².